The van der Waals surface area contributed by atoms with E-state index in [1.165, 1.54) is 5.56 Å². The zero-order valence-corrected chi connectivity index (χ0v) is 15.0. The molecule has 0 spiro atoms. The molecular weight excluding hydrogens is 280 g/mol. The van der Waals surface area contributed by atoms with E-state index < -0.39 is 0 Å². The van der Waals surface area contributed by atoms with Gasteiger partial charge < -0.3 is 5.11 Å². The van der Waals surface area contributed by atoms with Crippen LogP contribution in [0.25, 0.3) is 0 Å². The summed E-state index contributed by atoms with van der Waals surface area (Å²) < 4.78 is 0. The fourth-order valence-electron chi connectivity index (χ4n) is 4.23. The Morgan fingerprint density at radius 1 is 0.783 bits per heavy atom. The predicted octanol–water partition coefficient (Wildman–Crippen LogP) is 6.30. The van der Waals surface area contributed by atoms with Crippen LogP contribution in [0.5, 0.6) is 5.75 Å². The number of para-hydroxylation sites is 1. The van der Waals surface area contributed by atoms with Gasteiger partial charge in [-0.05, 0) is 29.9 Å². The highest BCUT2D eigenvalue weighted by Crippen LogP contribution is 2.54. The van der Waals surface area contributed by atoms with E-state index in [9.17, 15) is 5.11 Å². The number of rotatable bonds is 7. The average molecular weight is 310 g/mol. The van der Waals surface area contributed by atoms with E-state index in [2.05, 4.69) is 64.1 Å². The Hall–Kier alpha value is -1.76. The molecule has 2 aromatic carbocycles. The summed E-state index contributed by atoms with van der Waals surface area (Å²) in [4.78, 5) is 0. The van der Waals surface area contributed by atoms with Gasteiger partial charge in [0.25, 0.3) is 0 Å². The standard InChI is InChI=1S/C22H30O/c1-5-16-21(3,17-6-2)22(4,18-12-8-7-9-13-18)19-14-10-11-15-20(19)23/h7-15,23H,5-6,16-17H2,1-4H3. The van der Waals surface area contributed by atoms with E-state index in [4.69, 9.17) is 0 Å². The number of phenolic OH excluding ortho intramolecular Hbond substituents is 1. The average Bonchev–Trinajstić information content (AvgIpc) is 2.56. The third-order valence-electron chi connectivity index (χ3n) is 5.60. The van der Waals surface area contributed by atoms with Crippen LogP contribution in [0.2, 0.25) is 0 Å². The Kier molecular flexibility index (Phi) is 5.51. The minimum Gasteiger partial charge on any atom is -0.508 e. The predicted molar refractivity (Wildman–Crippen MR) is 98.9 cm³/mol. The first-order chi connectivity index (χ1) is 11.0. The quantitative estimate of drug-likeness (QED) is 0.635. The van der Waals surface area contributed by atoms with Crippen LogP contribution in [-0.4, -0.2) is 5.11 Å². The smallest absolute Gasteiger partial charge is 0.119 e. The maximum atomic E-state index is 10.6. The zero-order chi connectivity index (χ0) is 16.9. The van der Waals surface area contributed by atoms with Gasteiger partial charge in [0.15, 0.2) is 0 Å². The van der Waals surface area contributed by atoms with E-state index >= 15 is 0 Å². The lowest BCUT2D eigenvalue weighted by Crippen LogP contribution is -2.42. The van der Waals surface area contributed by atoms with Crippen LogP contribution in [0.4, 0.5) is 0 Å². The van der Waals surface area contributed by atoms with Crippen molar-refractivity contribution < 1.29 is 5.11 Å². The summed E-state index contributed by atoms with van der Waals surface area (Å²) in [7, 11) is 0. The van der Waals surface area contributed by atoms with Gasteiger partial charge in [-0.1, -0.05) is 89.1 Å². The summed E-state index contributed by atoms with van der Waals surface area (Å²) in [6.45, 7) is 9.20. The highest BCUT2D eigenvalue weighted by atomic mass is 16.3. The van der Waals surface area contributed by atoms with Crippen molar-refractivity contribution in [3.8, 4) is 5.75 Å². The van der Waals surface area contributed by atoms with E-state index in [0.717, 1.165) is 31.2 Å². The summed E-state index contributed by atoms with van der Waals surface area (Å²) in [5.74, 6) is 0.400. The highest BCUT2D eigenvalue weighted by Gasteiger charge is 2.46. The summed E-state index contributed by atoms with van der Waals surface area (Å²) in [5.41, 5.74) is 2.20. The van der Waals surface area contributed by atoms with Crippen LogP contribution < -0.4 is 0 Å². The Morgan fingerprint density at radius 3 is 1.83 bits per heavy atom. The van der Waals surface area contributed by atoms with Crippen molar-refractivity contribution in [3.05, 3.63) is 65.7 Å². The lowest BCUT2D eigenvalue weighted by Gasteiger charge is -2.48. The lowest BCUT2D eigenvalue weighted by molar-refractivity contribution is 0.151. The van der Waals surface area contributed by atoms with Crippen molar-refractivity contribution in [1.82, 2.24) is 0 Å². The molecule has 0 aliphatic carbocycles. The monoisotopic (exact) mass is 310 g/mol. The van der Waals surface area contributed by atoms with Gasteiger partial charge in [0.05, 0.1) is 0 Å². The van der Waals surface area contributed by atoms with E-state index in [1.807, 2.05) is 18.2 Å². The Morgan fingerprint density at radius 2 is 1.30 bits per heavy atom. The van der Waals surface area contributed by atoms with Crippen LogP contribution >= 0.6 is 0 Å². The molecule has 0 aromatic heterocycles. The zero-order valence-electron chi connectivity index (χ0n) is 15.0. The number of aromatic hydroxyl groups is 1. The Bertz CT molecular complexity index is 611. The summed E-state index contributed by atoms with van der Waals surface area (Å²) >= 11 is 0. The van der Waals surface area contributed by atoms with Crippen LogP contribution in [-0.2, 0) is 5.41 Å². The molecule has 0 bridgehead atoms. The van der Waals surface area contributed by atoms with Gasteiger partial charge in [-0.25, -0.2) is 0 Å². The molecule has 0 radical (unpaired) electrons. The van der Waals surface area contributed by atoms with Crippen molar-refractivity contribution in [1.29, 1.82) is 0 Å². The summed E-state index contributed by atoms with van der Waals surface area (Å²) in [6, 6.07) is 18.5. The molecule has 1 heteroatoms. The molecule has 0 saturated heterocycles. The van der Waals surface area contributed by atoms with Crippen molar-refractivity contribution in [3.63, 3.8) is 0 Å². The molecule has 1 unspecified atom stereocenters. The molecule has 0 heterocycles. The number of hydrogen-bond acceptors (Lipinski definition) is 1. The topological polar surface area (TPSA) is 20.2 Å². The minimum atomic E-state index is -0.217. The Labute approximate surface area is 141 Å². The van der Waals surface area contributed by atoms with Crippen molar-refractivity contribution >= 4 is 0 Å². The lowest BCUT2D eigenvalue weighted by atomic mass is 9.55. The van der Waals surface area contributed by atoms with Gasteiger partial charge in [0, 0.05) is 11.0 Å². The van der Waals surface area contributed by atoms with Crippen molar-refractivity contribution in [2.75, 3.05) is 0 Å². The second kappa shape index (κ2) is 7.21. The van der Waals surface area contributed by atoms with Gasteiger partial charge in [0.2, 0.25) is 0 Å². The molecule has 1 atom stereocenters. The molecule has 23 heavy (non-hydrogen) atoms. The van der Waals surface area contributed by atoms with E-state index in [0.29, 0.717) is 5.75 Å². The number of phenols is 1. The highest BCUT2D eigenvalue weighted by molar-refractivity contribution is 5.48. The molecule has 1 N–H and O–H groups in total. The molecule has 1 nitrogen and oxygen atoms in total. The first kappa shape index (κ1) is 17.6. The van der Waals surface area contributed by atoms with Crippen LogP contribution in [0.3, 0.4) is 0 Å². The minimum absolute atomic E-state index is 0.0939. The van der Waals surface area contributed by atoms with E-state index in [-0.39, 0.29) is 10.8 Å². The fourth-order valence-corrected chi connectivity index (χ4v) is 4.23. The molecule has 0 amide bonds. The molecule has 2 rings (SSSR count). The second-order valence-electron chi connectivity index (χ2n) is 7.07. The second-order valence-corrected chi connectivity index (χ2v) is 7.07. The number of benzene rings is 2. The van der Waals surface area contributed by atoms with Gasteiger partial charge in [-0.3, -0.25) is 0 Å². The molecule has 0 aliphatic rings. The maximum absolute atomic E-state index is 10.6. The summed E-state index contributed by atoms with van der Waals surface area (Å²) in [5, 5.41) is 10.6. The molecule has 0 aliphatic heterocycles. The largest absolute Gasteiger partial charge is 0.508 e. The van der Waals surface area contributed by atoms with Crippen LogP contribution in [0.1, 0.15) is 64.5 Å². The van der Waals surface area contributed by atoms with Gasteiger partial charge in [-0.15, -0.1) is 0 Å². The molecule has 0 saturated carbocycles. The molecule has 124 valence electrons. The first-order valence-electron chi connectivity index (χ1n) is 8.83. The molecule has 2 aromatic rings. The van der Waals surface area contributed by atoms with Crippen molar-refractivity contribution in [2.45, 2.75) is 58.8 Å². The fraction of sp³-hybridized carbons (Fsp3) is 0.455. The van der Waals surface area contributed by atoms with Gasteiger partial charge in [0.1, 0.15) is 5.75 Å². The number of hydrogen-bond donors (Lipinski definition) is 1. The molecular formula is C22H30O. The molecule has 0 fully saturated rings. The summed E-state index contributed by atoms with van der Waals surface area (Å²) in [6.07, 6.45) is 4.57. The first-order valence-corrected chi connectivity index (χ1v) is 8.83. The van der Waals surface area contributed by atoms with Gasteiger partial charge in [-0.2, -0.15) is 0 Å². The van der Waals surface area contributed by atoms with Crippen molar-refractivity contribution in [2.24, 2.45) is 5.41 Å². The van der Waals surface area contributed by atoms with Crippen LogP contribution in [0, 0.1) is 5.41 Å². The van der Waals surface area contributed by atoms with E-state index in [1.54, 1.807) is 0 Å². The third kappa shape index (κ3) is 3.15. The SMILES string of the molecule is CCCC(C)(CCC)C(C)(c1ccccc1)c1ccccc1O. The maximum Gasteiger partial charge on any atom is 0.119 e. The Balaban J connectivity index is 2.72. The third-order valence-corrected chi connectivity index (χ3v) is 5.60. The van der Waals surface area contributed by atoms with Gasteiger partial charge >= 0.3 is 0 Å². The van der Waals surface area contributed by atoms with Crippen LogP contribution in [0.15, 0.2) is 54.6 Å². The normalized spacial score (nSPS) is 14.4.